The van der Waals surface area contributed by atoms with E-state index in [1.54, 1.807) is 30.3 Å². The highest BCUT2D eigenvalue weighted by Crippen LogP contribution is 2.35. The average Bonchev–Trinajstić information content (AvgIpc) is 2.71. The van der Waals surface area contributed by atoms with Crippen LogP contribution in [0.2, 0.25) is 5.02 Å². The number of nitrogens with zero attached hydrogens (tertiary/aromatic N) is 1. The molecule has 1 aliphatic rings. The van der Waals surface area contributed by atoms with Crippen LogP contribution in [0.4, 0.5) is 10.5 Å². The Labute approximate surface area is 186 Å². The first-order valence-electron chi connectivity index (χ1n) is 8.64. The van der Waals surface area contributed by atoms with Crippen molar-refractivity contribution in [1.82, 2.24) is 5.32 Å². The van der Waals surface area contributed by atoms with Crippen LogP contribution in [0.25, 0.3) is 6.08 Å². The van der Waals surface area contributed by atoms with Crippen LogP contribution in [0, 0.1) is 0 Å². The van der Waals surface area contributed by atoms with Gasteiger partial charge in [-0.15, -0.1) is 0 Å². The highest BCUT2D eigenvalue weighted by Gasteiger charge is 2.37. The summed E-state index contributed by atoms with van der Waals surface area (Å²) in [6.07, 6.45) is 2.97. The molecule has 0 bridgehead atoms. The van der Waals surface area contributed by atoms with Crippen LogP contribution in [-0.4, -0.2) is 31.6 Å². The third-order valence-corrected chi connectivity index (χ3v) is 5.06. The molecule has 0 unspecified atom stereocenters. The minimum atomic E-state index is -0.839. The molecule has 7 nitrogen and oxygen atoms in total. The number of methoxy groups -OCH3 is 1. The molecule has 9 heteroatoms. The van der Waals surface area contributed by atoms with Gasteiger partial charge in [-0.25, -0.2) is 9.69 Å². The predicted octanol–water partition coefficient (Wildman–Crippen LogP) is 4.34. The Morgan fingerprint density at radius 3 is 2.50 bits per heavy atom. The minimum absolute atomic E-state index is 0.216. The first-order valence-corrected chi connectivity index (χ1v) is 9.81. The molecular weight excluding hydrogens is 476 g/mol. The Kier molecular flexibility index (Phi) is 6.59. The van der Waals surface area contributed by atoms with Crippen LogP contribution in [0.1, 0.15) is 5.56 Å². The number of amides is 4. The van der Waals surface area contributed by atoms with Crippen LogP contribution in [-0.2, 0) is 9.59 Å². The SMILES string of the molecule is C=CCOc1cc(Br)c(/C=C2\C(=O)NC(=O)N(c3ccc(Cl)cc3)C2=O)cc1OC. The summed E-state index contributed by atoms with van der Waals surface area (Å²) < 4.78 is 11.4. The van der Waals surface area contributed by atoms with Crippen molar-refractivity contribution in [3.05, 3.63) is 69.7 Å². The Hall–Kier alpha value is -3.10. The van der Waals surface area contributed by atoms with Crippen LogP contribution in [0.3, 0.4) is 0 Å². The lowest BCUT2D eigenvalue weighted by molar-refractivity contribution is -0.122. The van der Waals surface area contributed by atoms with Crippen LogP contribution in [0.5, 0.6) is 11.5 Å². The number of hydrogen-bond donors (Lipinski definition) is 1. The number of carbonyl (C=O) groups is 3. The molecule has 1 N–H and O–H groups in total. The Morgan fingerprint density at radius 2 is 1.87 bits per heavy atom. The Balaban J connectivity index is 2.02. The van der Waals surface area contributed by atoms with Crippen LogP contribution < -0.4 is 19.7 Å². The summed E-state index contributed by atoms with van der Waals surface area (Å²) in [5.41, 5.74) is 0.555. The van der Waals surface area contributed by atoms with E-state index in [1.165, 1.54) is 25.3 Å². The Bertz CT molecular complexity index is 1070. The third-order valence-electron chi connectivity index (χ3n) is 4.13. The lowest BCUT2D eigenvalue weighted by Crippen LogP contribution is -2.54. The fourth-order valence-corrected chi connectivity index (χ4v) is 3.28. The molecule has 3 rings (SSSR count). The predicted molar refractivity (Wildman–Crippen MR) is 117 cm³/mol. The van der Waals surface area contributed by atoms with Gasteiger partial charge in [0.25, 0.3) is 11.8 Å². The van der Waals surface area contributed by atoms with E-state index in [1.807, 2.05) is 0 Å². The maximum Gasteiger partial charge on any atom is 0.335 e. The van der Waals surface area contributed by atoms with Gasteiger partial charge < -0.3 is 9.47 Å². The van der Waals surface area contributed by atoms with Crippen molar-refractivity contribution in [3.8, 4) is 11.5 Å². The number of benzene rings is 2. The minimum Gasteiger partial charge on any atom is -0.493 e. The van der Waals surface area contributed by atoms with Gasteiger partial charge in [0, 0.05) is 9.50 Å². The van der Waals surface area contributed by atoms with Crippen molar-refractivity contribution in [2.24, 2.45) is 0 Å². The Morgan fingerprint density at radius 1 is 1.17 bits per heavy atom. The number of rotatable bonds is 6. The molecule has 4 amide bonds. The molecule has 0 radical (unpaired) electrons. The largest absolute Gasteiger partial charge is 0.493 e. The van der Waals surface area contributed by atoms with Gasteiger partial charge in [0.15, 0.2) is 11.5 Å². The van der Waals surface area contributed by atoms with Crippen molar-refractivity contribution in [3.63, 3.8) is 0 Å². The summed E-state index contributed by atoms with van der Waals surface area (Å²) in [5.74, 6) is -0.693. The fraction of sp³-hybridized carbons (Fsp3) is 0.0952. The van der Waals surface area contributed by atoms with Crippen molar-refractivity contribution >= 4 is 57.1 Å². The number of urea groups is 1. The van der Waals surface area contributed by atoms with E-state index >= 15 is 0 Å². The zero-order valence-electron chi connectivity index (χ0n) is 15.8. The molecule has 0 aromatic heterocycles. The standard InChI is InChI=1S/C21H16BrClN2O5/c1-3-8-30-18-11-16(22)12(10-17(18)29-2)9-15-19(26)24-21(28)25(20(15)27)14-6-4-13(23)5-7-14/h3-7,9-11H,1,8H2,2H3,(H,24,26,28)/b15-9+. The van der Waals surface area contributed by atoms with Gasteiger partial charge in [-0.2, -0.15) is 0 Å². The van der Waals surface area contributed by atoms with Gasteiger partial charge in [-0.05, 0) is 48.0 Å². The third kappa shape index (κ3) is 4.39. The van der Waals surface area contributed by atoms with E-state index in [2.05, 4.69) is 27.8 Å². The number of imide groups is 2. The summed E-state index contributed by atoms with van der Waals surface area (Å²) >= 11 is 9.28. The monoisotopic (exact) mass is 490 g/mol. The van der Waals surface area contributed by atoms with Gasteiger partial charge in [-0.3, -0.25) is 14.9 Å². The number of anilines is 1. The lowest BCUT2D eigenvalue weighted by Gasteiger charge is -2.26. The fourth-order valence-electron chi connectivity index (χ4n) is 2.72. The maximum absolute atomic E-state index is 13.0. The number of barbiturate groups is 1. The molecule has 0 spiro atoms. The molecule has 154 valence electrons. The molecule has 1 aliphatic heterocycles. The summed E-state index contributed by atoms with van der Waals surface area (Å²) in [7, 11) is 1.47. The second-order valence-corrected chi connectivity index (χ2v) is 7.35. The summed E-state index contributed by atoms with van der Waals surface area (Å²) in [4.78, 5) is 38.5. The summed E-state index contributed by atoms with van der Waals surface area (Å²) in [6.45, 7) is 3.88. The first kappa shape index (κ1) is 21.6. The van der Waals surface area contributed by atoms with Gasteiger partial charge in [0.2, 0.25) is 0 Å². The van der Waals surface area contributed by atoms with E-state index in [-0.39, 0.29) is 17.9 Å². The first-order chi connectivity index (χ1) is 14.3. The molecular formula is C21H16BrClN2O5. The zero-order valence-corrected chi connectivity index (χ0v) is 18.1. The second-order valence-electron chi connectivity index (χ2n) is 6.06. The number of ether oxygens (including phenoxy) is 2. The molecule has 30 heavy (non-hydrogen) atoms. The summed E-state index contributed by atoms with van der Waals surface area (Å²) in [6, 6.07) is 8.53. The topological polar surface area (TPSA) is 84.9 Å². The van der Waals surface area contributed by atoms with Gasteiger partial charge in [0.1, 0.15) is 12.2 Å². The molecule has 2 aromatic carbocycles. The molecule has 0 aliphatic carbocycles. The van der Waals surface area contributed by atoms with E-state index in [0.29, 0.717) is 26.6 Å². The molecule has 1 heterocycles. The van der Waals surface area contributed by atoms with Gasteiger partial charge >= 0.3 is 6.03 Å². The quantitative estimate of drug-likeness (QED) is 0.369. The highest BCUT2D eigenvalue weighted by molar-refractivity contribution is 9.10. The molecule has 0 saturated carbocycles. The average molecular weight is 492 g/mol. The zero-order chi connectivity index (χ0) is 21.8. The number of hydrogen-bond acceptors (Lipinski definition) is 5. The van der Waals surface area contributed by atoms with Crippen molar-refractivity contribution < 1.29 is 23.9 Å². The van der Waals surface area contributed by atoms with E-state index in [4.69, 9.17) is 21.1 Å². The van der Waals surface area contributed by atoms with E-state index < -0.39 is 17.8 Å². The van der Waals surface area contributed by atoms with Gasteiger partial charge in [-0.1, -0.05) is 40.2 Å². The van der Waals surface area contributed by atoms with Crippen molar-refractivity contribution in [1.29, 1.82) is 0 Å². The van der Waals surface area contributed by atoms with Gasteiger partial charge in [0.05, 0.1) is 12.8 Å². The second kappa shape index (κ2) is 9.15. The smallest absolute Gasteiger partial charge is 0.335 e. The molecule has 1 fully saturated rings. The number of halogens is 2. The molecule has 0 atom stereocenters. The number of nitrogens with one attached hydrogen (secondary N) is 1. The normalized spacial score (nSPS) is 15.2. The highest BCUT2D eigenvalue weighted by atomic mass is 79.9. The van der Waals surface area contributed by atoms with Crippen LogP contribution in [0.15, 0.2) is 59.1 Å². The number of carbonyl (C=O) groups excluding carboxylic acids is 3. The maximum atomic E-state index is 13.0. The van der Waals surface area contributed by atoms with Crippen molar-refractivity contribution in [2.45, 2.75) is 0 Å². The molecule has 2 aromatic rings. The van der Waals surface area contributed by atoms with E-state index in [9.17, 15) is 14.4 Å². The molecule has 1 saturated heterocycles. The summed E-state index contributed by atoms with van der Waals surface area (Å²) in [5, 5.41) is 2.62. The van der Waals surface area contributed by atoms with E-state index in [0.717, 1.165) is 4.90 Å². The van der Waals surface area contributed by atoms with Crippen LogP contribution >= 0.6 is 27.5 Å². The van der Waals surface area contributed by atoms with Crippen molar-refractivity contribution in [2.75, 3.05) is 18.6 Å². The lowest BCUT2D eigenvalue weighted by atomic mass is 10.1.